The van der Waals surface area contributed by atoms with Crippen LogP contribution in [0.3, 0.4) is 0 Å². The second-order valence-corrected chi connectivity index (χ2v) is 6.56. The van der Waals surface area contributed by atoms with Gasteiger partial charge in [-0.25, -0.2) is 8.78 Å². The second kappa shape index (κ2) is 6.33. The van der Waals surface area contributed by atoms with Crippen LogP contribution in [0.25, 0.3) is 22.3 Å². The molecule has 0 bridgehead atoms. The Kier molecular flexibility index (Phi) is 3.97. The van der Waals surface area contributed by atoms with Gasteiger partial charge in [-0.1, -0.05) is 6.07 Å². The highest BCUT2D eigenvalue weighted by molar-refractivity contribution is 6.01. The quantitative estimate of drug-likeness (QED) is 0.719. The Morgan fingerprint density at radius 1 is 0.963 bits per heavy atom. The van der Waals surface area contributed by atoms with E-state index in [0.717, 1.165) is 22.8 Å². The van der Waals surface area contributed by atoms with Crippen molar-refractivity contribution < 1.29 is 13.6 Å². The first kappa shape index (κ1) is 16.9. The molecule has 0 saturated carbocycles. The van der Waals surface area contributed by atoms with E-state index in [1.807, 2.05) is 19.1 Å². The number of nitrogens with zero attached hydrogens (tertiary/aromatic N) is 1. The normalized spacial score (nSPS) is 12.4. The van der Waals surface area contributed by atoms with Gasteiger partial charge in [0.1, 0.15) is 11.6 Å². The first-order valence-corrected chi connectivity index (χ1v) is 8.39. The van der Waals surface area contributed by atoms with Crippen LogP contribution in [-0.4, -0.2) is 5.91 Å². The van der Waals surface area contributed by atoms with E-state index >= 15 is 0 Å². The number of hydrogen-bond donors (Lipinski definition) is 1. The van der Waals surface area contributed by atoms with E-state index in [9.17, 15) is 18.8 Å². The maximum absolute atomic E-state index is 14.5. The highest BCUT2D eigenvalue weighted by Crippen LogP contribution is 2.38. The molecule has 5 heteroatoms. The zero-order chi connectivity index (χ0) is 19.1. The summed E-state index contributed by atoms with van der Waals surface area (Å²) in [5.74, 6) is -1.59. The van der Waals surface area contributed by atoms with Crippen LogP contribution in [0.2, 0.25) is 0 Å². The van der Waals surface area contributed by atoms with Crippen molar-refractivity contribution in [1.29, 1.82) is 5.26 Å². The van der Waals surface area contributed by atoms with Crippen LogP contribution in [0.5, 0.6) is 0 Å². The third-order valence-corrected chi connectivity index (χ3v) is 4.67. The molecule has 3 aromatic carbocycles. The molecule has 0 aromatic heterocycles. The minimum atomic E-state index is -0.706. The van der Waals surface area contributed by atoms with Crippen molar-refractivity contribution in [1.82, 2.24) is 5.32 Å². The van der Waals surface area contributed by atoms with Gasteiger partial charge in [0, 0.05) is 23.7 Å². The number of nitrogens with one attached hydrogen (secondary N) is 1. The maximum atomic E-state index is 14.5. The number of halogens is 2. The predicted octanol–water partition coefficient (Wildman–Crippen LogP) is 4.72. The molecule has 1 amide bonds. The zero-order valence-electron chi connectivity index (χ0n) is 14.4. The van der Waals surface area contributed by atoms with Gasteiger partial charge in [-0.3, -0.25) is 4.79 Å². The van der Waals surface area contributed by atoms with Gasteiger partial charge in [0.05, 0.1) is 11.6 Å². The first-order valence-electron chi connectivity index (χ1n) is 8.39. The van der Waals surface area contributed by atoms with Gasteiger partial charge in [0.2, 0.25) is 0 Å². The molecule has 0 spiro atoms. The number of aryl methyl sites for hydroxylation is 1. The summed E-state index contributed by atoms with van der Waals surface area (Å²) in [6.45, 7) is 2.27. The topological polar surface area (TPSA) is 52.9 Å². The molecule has 1 aliphatic heterocycles. The van der Waals surface area contributed by atoms with Crippen LogP contribution in [-0.2, 0) is 6.54 Å². The summed E-state index contributed by atoms with van der Waals surface area (Å²) in [5, 5.41) is 12.0. The molecule has 3 aromatic rings. The largest absolute Gasteiger partial charge is 0.348 e. The maximum Gasteiger partial charge on any atom is 0.251 e. The number of fused-ring (bicyclic) bond motifs is 1. The van der Waals surface area contributed by atoms with Gasteiger partial charge in [0.15, 0.2) is 0 Å². The summed E-state index contributed by atoms with van der Waals surface area (Å²) >= 11 is 0. The van der Waals surface area contributed by atoms with Crippen LogP contribution >= 0.6 is 0 Å². The van der Waals surface area contributed by atoms with Crippen molar-refractivity contribution in [2.45, 2.75) is 13.5 Å². The zero-order valence-corrected chi connectivity index (χ0v) is 14.4. The molecule has 0 saturated heterocycles. The Bertz CT molecular complexity index is 1150. The minimum absolute atomic E-state index is 0.203. The van der Waals surface area contributed by atoms with Crippen molar-refractivity contribution >= 4 is 5.91 Å². The molecule has 0 fully saturated rings. The fraction of sp³-hybridized carbons (Fsp3) is 0.0909. The van der Waals surface area contributed by atoms with E-state index in [1.54, 1.807) is 18.2 Å². The highest BCUT2D eigenvalue weighted by atomic mass is 19.1. The number of carbonyl (C=O) groups excluding carboxylic acids is 1. The smallest absolute Gasteiger partial charge is 0.251 e. The molecule has 1 aliphatic rings. The molecule has 4 rings (SSSR count). The Morgan fingerprint density at radius 2 is 1.78 bits per heavy atom. The lowest BCUT2D eigenvalue weighted by Gasteiger charge is -2.14. The van der Waals surface area contributed by atoms with Gasteiger partial charge < -0.3 is 5.32 Å². The SMILES string of the molecule is Cc1cc(C#N)cc(-c2cc3c(cc2-c2ccc(F)cc2F)C(=O)NC3)c1. The molecule has 27 heavy (non-hydrogen) atoms. The van der Waals surface area contributed by atoms with E-state index in [1.165, 1.54) is 12.1 Å². The average Bonchev–Trinajstić information content (AvgIpc) is 3.00. The van der Waals surface area contributed by atoms with Crippen LogP contribution in [0.15, 0.2) is 48.5 Å². The van der Waals surface area contributed by atoms with Crippen molar-refractivity contribution in [2.24, 2.45) is 0 Å². The van der Waals surface area contributed by atoms with Gasteiger partial charge >= 0.3 is 0 Å². The Morgan fingerprint density at radius 3 is 2.52 bits per heavy atom. The lowest BCUT2D eigenvalue weighted by molar-refractivity contribution is 0.0966. The van der Waals surface area contributed by atoms with E-state index in [0.29, 0.717) is 28.8 Å². The summed E-state index contributed by atoms with van der Waals surface area (Å²) in [5.41, 5.74) is 4.79. The van der Waals surface area contributed by atoms with Gasteiger partial charge in [-0.2, -0.15) is 5.26 Å². The van der Waals surface area contributed by atoms with E-state index in [4.69, 9.17) is 0 Å². The van der Waals surface area contributed by atoms with Gasteiger partial charge in [-0.05, 0) is 71.1 Å². The van der Waals surface area contributed by atoms with Crippen LogP contribution in [0, 0.1) is 29.9 Å². The minimum Gasteiger partial charge on any atom is -0.348 e. The standard InChI is InChI=1S/C22H14F2N2O/c1-12-4-13(10-25)6-14(5-12)18-7-15-11-26-22(27)19(15)9-20(18)17-3-2-16(23)8-21(17)24/h2-9H,11H2,1H3,(H,26,27). The second-order valence-electron chi connectivity index (χ2n) is 6.56. The Labute approximate surface area is 154 Å². The summed E-state index contributed by atoms with van der Waals surface area (Å²) in [6, 6.07) is 14.4. The number of benzene rings is 3. The highest BCUT2D eigenvalue weighted by Gasteiger charge is 2.23. The van der Waals surface area contributed by atoms with E-state index in [2.05, 4.69) is 11.4 Å². The fourth-order valence-corrected chi connectivity index (χ4v) is 3.45. The summed E-state index contributed by atoms with van der Waals surface area (Å²) in [7, 11) is 0. The number of rotatable bonds is 2. The van der Waals surface area contributed by atoms with Crippen molar-refractivity contribution in [3.63, 3.8) is 0 Å². The number of amides is 1. The molecule has 0 atom stereocenters. The predicted molar refractivity (Wildman–Crippen MR) is 97.9 cm³/mol. The molecule has 0 aliphatic carbocycles. The molecule has 0 radical (unpaired) electrons. The Hall–Kier alpha value is -3.52. The number of carbonyl (C=O) groups is 1. The summed E-state index contributed by atoms with van der Waals surface area (Å²) < 4.78 is 27.9. The first-order chi connectivity index (χ1) is 13.0. The molecule has 1 N–H and O–H groups in total. The summed E-state index contributed by atoms with van der Waals surface area (Å²) in [4.78, 5) is 12.1. The van der Waals surface area contributed by atoms with Gasteiger partial charge in [0.25, 0.3) is 5.91 Å². The third kappa shape index (κ3) is 2.96. The van der Waals surface area contributed by atoms with Crippen molar-refractivity contribution in [3.05, 3.63) is 82.4 Å². The molecular formula is C22H14F2N2O. The number of nitriles is 1. The monoisotopic (exact) mass is 360 g/mol. The molecule has 1 heterocycles. The van der Waals surface area contributed by atoms with Crippen molar-refractivity contribution in [2.75, 3.05) is 0 Å². The molecular weight excluding hydrogens is 346 g/mol. The van der Waals surface area contributed by atoms with Gasteiger partial charge in [-0.15, -0.1) is 0 Å². The van der Waals surface area contributed by atoms with Crippen LogP contribution < -0.4 is 5.32 Å². The molecule has 132 valence electrons. The lowest BCUT2D eigenvalue weighted by atomic mass is 9.89. The summed E-state index contributed by atoms with van der Waals surface area (Å²) in [6.07, 6.45) is 0. The van der Waals surface area contributed by atoms with Crippen LogP contribution in [0.4, 0.5) is 8.78 Å². The lowest BCUT2D eigenvalue weighted by Crippen LogP contribution is -2.12. The average molecular weight is 360 g/mol. The van der Waals surface area contributed by atoms with Crippen molar-refractivity contribution in [3.8, 4) is 28.3 Å². The van der Waals surface area contributed by atoms with E-state index in [-0.39, 0.29) is 11.5 Å². The molecule has 3 nitrogen and oxygen atoms in total. The van der Waals surface area contributed by atoms with Crippen LogP contribution in [0.1, 0.15) is 27.0 Å². The molecule has 0 unspecified atom stereocenters. The Balaban J connectivity index is 2.03. The van der Waals surface area contributed by atoms with E-state index < -0.39 is 11.6 Å². The third-order valence-electron chi connectivity index (χ3n) is 4.67. The fourth-order valence-electron chi connectivity index (χ4n) is 3.45. The number of hydrogen-bond acceptors (Lipinski definition) is 2.